The Hall–Kier alpha value is -2.89. The molecule has 0 saturated carbocycles. The van der Waals surface area contributed by atoms with E-state index in [1.807, 2.05) is 39.0 Å². The van der Waals surface area contributed by atoms with Crippen molar-refractivity contribution in [3.8, 4) is 5.75 Å². The van der Waals surface area contributed by atoms with Crippen molar-refractivity contribution in [2.24, 2.45) is 0 Å². The second-order valence-electron chi connectivity index (χ2n) is 9.57. The summed E-state index contributed by atoms with van der Waals surface area (Å²) in [4.78, 5) is 19.0. The van der Waals surface area contributed by atoms with Crippen LogP contribution in [0.4, 0.5) is 16.2 Å². The first-order chi connectivity index (χ1) is 15.4. The number of hydrogen-bond acceptors (Lipinski definition) is 5. The van der Waals surface area contributed by atoms with Crippen LogP contribution in [0.3, 0.4) is 0 Å². The van der Waals surface area contributed by atoms with E-state index in [0.29, 0.717) is 19.7 Å². The van der Waals surface area contributed by atoms with Gasteiger partial charge in [0.25, 0.3) is 0 Å². The monoisotopic (exact) mass is 437 g/mol. The normalized spacial score (nSPS) is 16.9. The molecular formula is C26H35N3O3. The third kappa shape index (κ3) is 5.67. The van der Waals surface area contributed by atoms with E-state index in [0.717, 1.165) is 43.2 Å². The molecule has 0 atom stereocenters. The lowest BCUT2D eigenvalue weighted by molar-refractivity contribution is 0.0240. The van der Waals surface area contributed by atoms with Gasteiger partial charge in [0.05, 0.1) is 5.69 Å². The number of piperazine rings is 1. The van der Waals surface area contributed by atoms with Crippen molar-refractivity contribution in [1.82, 2.24) is 4.90 Å². The van der Waals surface area contributed by atoms with Gasteiger partial charge < -0.3 is 24.2 Å². The lowest BCUT2D eigenvalue weighted by atomic mass is 10.2. The highest BCUT2D eigenvalue weighted by molar-refractivity contribution is 5.70. The molecule has 4 rings (SSSR count). The maximum absolute atomic E-state index is 12.5. The van der Waals surface area contributed by atoms with Crippen molar-refractivity contribution in [3.05, 3.63) is 54.1 Å². The van der Waals surface area contributed by atoms with E-state index < -0.39 is 5.60 Å². The van der Waals surface area contributed by atoms with E-state index >= 15 is 0 Å². The molecule has 0 spiro atoms. The fraction of sp³-hybridized carbons (Fsp3) is 0.500. The molecule has 2 aromatic carbocycles. The van der Waals surface area contributed by atoms with Gasteiger partial charge in [-0.05, 0) is 57.4 Å². The first-order valence-corrected chi connectivity index (χ1v) is 11.7. The summed E-state index contributed by atoms with van der Waals surface area (Å²) in [5, 5.41) is 0. The van der Waals surface area contributed by atoms with Crippen molar-refractivity contribution in [2.45, 2.75) is 45.8 Å². The number of nitrogens with zero attached hydrogens (tertiary/aromatic N) is 3. The Labute approximate surface area is 191 Å². The molecule has 0 aromatic heterocycles. The van der Waals surface area contributed by atoms with E-state index in [-0.39, 0.29) is 6.09 Å². The summed E-state index contributed by atoms with van der Waals surface area (Å²) < 4.78 is 11.8. The number of carbonyl (C=O) groups excluding carboxylic acids is 1. The molecule has 6 nitrogen and oxygen atoms in total. The third-order valence-electron chi connectivity index (χ3n) is 5.92. The lowest BCUT2D eigenvalue weighted by Gasteiger charge is -2.37. The molecular weight excluding hydrogens is 402 g/mol. The van der Waals surface area contributed by atoms with E-state index in [1.54, 1.807) is 4.90 Å². The number of hydrogen-bond donors (Lipinski definition) is 0. The highest BCUT2D eigenvalue weighted by Gasteiger charge is 2.27. The van der Waals surface area contributed by atoms with Crippen LogP contribution in [0, 0.1) is 0 Å². The minimum atomic E-state index is -0.475. The van der Waals surface area contributed by atoms with Gasteiger partial charge in [0.15, 0.2) is 0 Å². The predicted octanol–water partition coefficient (Wildman–Crippen LogP) is 4.92. The molecule has 0 N–H and O–H groups in total. The molecule has 0 unspecified atom stereocenters. The Balaban J connectivity index is 1.48. The number of carbonyl (C=O) groups is 1. The number of amides is 1. The number of benzene rings is 2. The zero-order valence-electron chi connectivity index (χ0n) is 19.5. The van der Waals surface area contributed by atoms with Gasteiger partial charge in [0.1, 0.15) is 18.0 Å². The SMILES string of the molecule is CC(C)(C)OC(=O)N1CCN(c2cc(N3CCCC3)ccc2OCc2ccccc2)CC1. The van der Waals surface area contributed by atoms with Gasteiger partial charge in [-0.15, -0.1) is 0 Å². The summed E-state index contributed by atoms with van der Waals surface area (Å²) in [6, 6.07) is 16.8. The van der Waals surface area contributed by atoms with Crippen molar-refractivity contribution in [3.63, 3.8) is 0 Å². The van der Waals surface area contributed by atoms with Gasteiger partial charge in [-0.1, -0.05) is 30.3 Å². The van der Waals surface area contributed by atoms with Crippen LogP contribution in [0.5, 0.6) is 5.75 Å². The van der Waals surface area contributed by atoms with Gasteiger partial charge in [0, 0.05) is 45.0 Å². The Morgan fingerprint density at radius 3 is 2.22 bits per heavy atom. The summed E-state index contributed by atoms with van der Waals surface area (Å²) in [6.07, 6.45) is 2.26. The Morgan fingerprint density at radius 2 is 1.56 bits per heavy atom. The van der Waals surface area contributed by atoms with Crippen molar-refractivity contribution in [2.75, 3.05) is 49.1 Å². The summed E-state index contributed by atoms with van der Waals surface area (Å²) >= 11 is 0. The van der Waals surface area contributed by atoms with Gasteiger partial charge >= 0.3 is 6.09 Å². The summed E-state index contributed by atoms with van der Waals surface area (Å²) in [7, 11) is 0. The molecule has 2 aromatic rings. The summed E-state index contributed by atoms with van der Waals surface area (Å²) in [6.45, 7) is 11.3. The van der Waals surface area contributed by atoms with Gasteiger partial charge in [-0.2, -0.15) is 0 Å². The predicted molar refractivity (Wildman–Crippen MR) is 129 cm³/mol. The van der Waals surface area contributed by atoms with Gasteiger partial charge in [-0.25, -0.2) is 4.79 Å². The maximum Gasteiger partial charge on any atom is 0.410 e. The fourth-order valence-electron chi connectivity index (χ4n) is 4.24. The number of ether oxygens (including phenoxy) is 2. The summed E-state index contributed by atoms with van der Waals surface area (Å²) in [5.74, 6) is 0.891. The van der Waals surface area contributed by atoms with E-state index in [9.17, 15) is 4.79 Å². The van der Waals surface area contributed by atoms with Crippen LogP contribution in [0.2, 0.25) is 0 Å². The van der Waals surface area contributed by atoms with Crippen LogP contribution in [0.15, 0.2) is 48.5 Å². The molecule has 0 aliphatic carbocycles. The molecule has 2 fully saturated rings. The lowest BCUT2D eigenvalue weighted by Crippen LogP contribution is -2.50. The number of anilines is 2. The number of rotatable bonds is 5. The zero-order chi connectivity index (χ0) is 22.6. The molecule has 2 aliphatic rings. The largest absolute Gasteiger partial charge is 0.487 e. The molecule has 32 heavy (non-hydrogen) atoms. The minimum absolute atomic E-state index is 0.233. The van der Waals surface area contributed by atoms with Crippen molar-refractivity contribution in [1.29, 1.82) is 0 Å². The average molecular weight is 438 g/mol. The molecule has 2 saturated heterocycles. The zero-order valence-corrected chi connectivity index (χ0v) is 19.5. The van der Waals surface area contributed by atoms with Crippen molar-refractivity contribution < 1.29 is 14.3 Å². The second kappa shape index (κ2) is 9.72. The molecule has 6 heteroatoms. The highest BCUT2D eigenvalue weighted by atomic mass is 16.6. The molecule has 0 bridgehead atoms. The van der Waals surface area contributed by atoms with Crippen LogP contribution >= 0.6 is 0 Å². The Kier molecular flexibility index (Phi) is 6.77. The Morgan fingerprint density at radius 1 is 0.875 bits per heavy atom. The van der Waals surface area contributed by atoms with E-state index in [4.69, 9.17) is 9.47 Å². The topological polar surface area (TPSA) is 45.2 Å². The molecule has 0 radical (unpaired) electrons. The average Bonchev–Trinajstić information content (AvgIpc) is 3.32. The standard InChI is InChI=1S/C26H35N3O3/c1-26(2,3)32-25(30)29-17-15-28(16-18-29)23-19-22(27-13-7-8-14-27)11-12-24(23)31-20-21-9-5-4-6-10-21/h4-6,9-12,19H,7-8,13-18,20H2,1-3H3. The van der Waals surface area contributed by atoms with E-state index in [1.165, 1.54) is 18.5 Å². The van der Waals surface area contributed by atoms with Crippen molar-refractivity contribution >= 4 is 17.5 Å². The smallest absolute Gasteiger partial charge is 0.410 e. The first-order valence-electron chi connectivity index (χ1n) is 11.7. The van der Waals surface area contributed by atoms with Crippen LogP contribution in [-0.4, -0.2) is 55.9 Å². The summed E-state index contributed by atoms with van der Waals surface area (Å²) in [5.41, 5.74) is 3.03. The van der Waals surface area contributed by atoms with Crippen LogP contribution in [-0.2, 0) is 11.3 Å². The second-order valence-corrected chi connectivity index (χ2v) is 9.57. The molecule has 2 aliphatic heterocycles. The third-order valence-corrected chi connectivity index (χ3v) is 5.92. The molecule has 172 valence electrons. The molecule has 2 heterocycles. The first kappa shape index (κ1) is 22.3. The maximum atomic E-state index is 12.5. The van der Waals surface area contributed by atoms with Crippen LogP contribution in [0.1, 0.15) is 39.2 Å². The van der Waals surface area contributed by atoms with Crippen LogP contribution in [0.25, 0.3) is 0 Å². The quantitative estimate of drug-likeness (QED) is 0.664. The molecule has 1 amide bonds. The Bertz CT molecular complexity index is 896. The van der Waals surface area contributed by atoms with Gasteiger partial charge in [-0.3, -0.25) is 0 Å². The fourth-order valence-corrected chi connectivity index (χ4v) is 4.24. The van der Waals surface area contributed by atoms with E-state index in [2.05, 4.69) is 40.1 Å². The van der Waals surface area contributed by atoms with Gasteiger partial charge in [0.2, 0.25) is 0 Å². The highest BCUT2D eigenvalue weighted by Crippen LogP contribution is 2.35. The van der Waals surface area contributed by atoms with Crippen LogP contribution < -0.4 is 14.5 Å². The minimum Gasteiger partial charge on any atom is -0.487 e.